The Morgan fingerprint density at radius 2 is 0.800 bits per heavy atom. The number of hydrogen-bond donors (Lipinski definition) is 0. The Kier molecular flexibility index (Phi) is 20.7. The fourth-order valence-electron chi connectivity index (χ4n) is 5.48. The van der Waals surface area contributed by atoms with Gasteiger partial charge in [-0.05, 0) is 63.6 Å². The molecule has 0 aliphatic rings. The maximum atomic E-state index is 13.3. The third kappa shape index (κ3) is 17.0. The molecule has 2 aromatic carbocycles. The summed E-state index contributed by atoms with van der Waals surface area (Å²) in [5, 5.41) is 0. The average molecular weight is 767 g/mol. The van der Waals surface area contributed by atoms with Crippen molar-refractivity contribution in [2.45, 2.75) is 161 Å². The topological polar surface area (TPSA) is 43.4 Å². The van der Waals surface area contributed by atoms with E-state index in [-0.39, 0.29) is 0 Å². The summed E-state index contributed by atoms with van der Waals surface area (Å²) < 4.78 is 70.1. The fraction of sp³-hybridized carbons (Fsp3) is 0.676. The molecule has 0 unspecified atom stereocenters. The smallest absolute Gasteiger partial charge is 0.186 e. The SMILES string of the molecule is CCCCCCCCCCCCc1ccc([I+](OS(=O)(=O)C(F)(F)F)c2ccc(CCCCCCCCCCCC)cc2)cc1. The van der Waals surface area contributed by atoms with Crippen molar-refractivity contribution in [3.05, 3.63) is 66.8 Å². The van der Waals surface area contributed by atoms with Crippen LogP contribution in [0.15, 0.2) is 48.5 Å². The zero-order valence-corrected chi connectivity index (χ0v) is 30.8. The highest BCUT2D eigenvalue weighted by atomic mass is 127. The van der Waals surface area contributed by atoms with Gasteiger partial charge >= 0.3 is 35.9 Å². The minimum absolute atomic E-state index is 0.543. The van der Waals surface area contributed by atoms with Crippen LogP contribution in [-0.2, 0) is 25.5 Å². The Bertz CT molecular complexity index is 1050. The van der Waals surface area contributed by atoms with Gasteiger partial charge in [-0.3, -0.25) is 0 Å². The molecular weight excluding hydrogens is 708 g/mol. The van der Waals surface area contributed by atoms with Gasteiger partial charge in [0.1, 0.15) is 0 Å². The second-order valence-electron chi connectivity index (χ2n) is 12.3. The molecule has 0 atom stereocenters. The molecule has 0 bridgehead atoms. The molecule has 0 heterocycles. The molecule has 1 radical (unpaired) electrons. The second kappa shape index (κ2) is 23.2. The van der Waals surface area contributed by atoms with Gasteiger partial charge in [0.2, 0.25) is 0 Å². The van der Waals surface area contributed by atoms with Gasteiger partial charge in [-0.15, -0.1) is 0 Å². The van der Waals surface area contributed by atoms with Crippen molar-refractivity contribution >= 4 is 10.1 Å². The third-order valence-corrected chi connectivity index (χ3v) is 15.3. The lowest BCUT2D eigenvalue weighted by atomic mass is 10.0. The fourth-order valence-corrected chi connectivity index (χ4v) is 11.9. The van der Waals surface area contributed by atoms with E-state index in [1.807, 2.05) is 24.3 Å². The quantitative estimate of drug-likeness (QED) is 0.0546. The van der Waals surface area contributed by atoms with Crippen LogP contribution in [0.25, 0.3) is 0 Å². The summed E-state index contributed by atoms with van der Waals surface area (Å²) in [7, 11) is -5.71. The molecule has 3 nitrogen and oxygen atoms in total. The predicted molar refractivity (Wildman–Crippen MR) is 177 cm³/mol. The maximum Gasteiger partial charge on any atom is 0.526 e. The summed E-state index contributed by atoms with van der Waals surface area (Å²) >= 11 is -3.37. The Hall–Kier alpha value is -1.13. The van der Waals surface area contributed by atoms with Crippen LogP contribution < -0.4 is 20.2 Å². The van der Waals surface area contributed by atoms with Crippen LogP contribution in [-0.4, -0.2) is 13.9 Å². The van der Waals surface area contributed by atoms with Crippen LogP contribution in [0.2, 0.25) is 0 Å². The number of hydrogen-bond acceptors (Lipinski definition) is 3. The van der Waals surface area contributed by atoms with Crippen LogP contribution >= 0.6 is 0 Å². The molecule has 0 amide bonds. The summed E-state index contributed by atoms with van der Waals surface area (Å²) in [6.07, 6.45) is 27.0. The first kappa shape index (κ1) is 40.0. The molecular formula is C37H58F3IO3S+. The zero-order chi connectivity index (χ0) is 32.8. The minimum atomic E-state index is -5.71. The van der Waals surface area contributed by atoms with Gasteiger partial charge in [-0.2, -0.15) is 21.6 Å². The van der Waals surface area contributed by atoms with Crippen LogP contribution in [0, 0.1) is 7.14 Å². The molecule has 0 fully saturated rings. The van der Waals surface area contributed by atoms with E-state index in [4.69, 9.17) is 2.51 Å². The Balaban J connectivity index is 1.88. The molecule has 0 saturated carbocycles. The van der Waals surface area contributed by atoms with E-state index in [0.29, 0.717) is 7.14 Å². The number of alkyl halides is 3. The minimum Gasteiger partial charge on any atom is -0.186 e. The zero-order valence-electron chi connectivity index (χ0n) is 27.8. The number of unbranched alkanes of at least 4 members (excludes halogenated alkanes) is 18. The van der Waals surface area contributed by atoms with Crippen molar-refractivity contribution in [3.63, 3.8) is 0 Å². The van der Waals surface area contributed by atoms with Crippen molar-refractivity contribution < 1.29 is 44.3 Å². The molecule has 0 N–H and O–H groups in total. The molecule has 2 aromatic rings. The van der Waals surface area contributed by atoms with Crippen molar-refractivity contribution in [1.82, 2.24) is 0 Å². The van der Waals surface area contributed by atoms with Gasteiger partial charge in [-0.1, -0.05) is 154 Å². The molecule has 45 heavy (non-hydrogen) atoms. The average Bonchev–Trinajstić information content (AvgIpc) is 3.02. The van der Waals surface area contributed by atoms with Gasteiger partial charge in [-0.25, -0.2) is 0 Å². The summed E-state index contributed by atoms with van der Waals surface area (Å²) in [4.78, 5) is 0. The maximum absolute atomic E-state index is 13.3. The number of benzene rings is 2. The first-order valence-electron chi connectivity index (χ1n) is 17.6. The Morgan fingerprint density at radius 3 is 1.09 bits per heavy atom. The van der Waals surface area contributed by atoms with Crippen molar-refractivity contribution in [3.8, 4) is 0 Å². The van der Waals surface area contributed by atoms with Crippen LogP contribution in [0.4, 0.5) is 13.2 Å². The lowest BCUT2D eigenvalue weighted by molar-refractivity contribution is -1.03. The van der Waals surface area contributed by atoms with E-state index in [1.165, 1.54) is 103 Å². The first-order valence-corrected chi connectivity index (χ1v) is 22.0. The predicted octanol–water partition coefficient (Wildman–Crippen LogP) is 9.06. The normalized spacial score (nSPS) is 12.3. The van der Waals surface area contributed by atoms with Crippen molar-refractivity contribution in [2.24, 2.45) is 0 Å². The molecule has 0 aromatic heterocycles. The van der Waals surface area contributed by atoms with Gasteiger partial charge in [0.15, 0.2) is 7.14 Å². The second-order valence-corrected chi connectivity index (χ2v) is 18.8. The van der Waals surface area contributed by atoms with Gasteiger partial charge in [0.25, 0.3) is 0 Å². The molecule has 2 rings (SSSR count). The Morgan fingerprint density at radius 1 is 0.511 bits per heavy atom. The lowest BCUT2D eigenvalue weighted by Gasteiger charge is -2.09. The highest BCUT2D eigenvalue weighted by Gasteiger charge is 2.54. The standard InChI is InChI=1S/C37H58F3IO3S/c1-3-5-7-9-11-13-15-17-19-21-23-33-25-29-35(30-26-33)41(44-45(42,43)37(38,39)40)36-31-27-34(28-32-36)24-22-20-18-16-14-12-10-8-6-4-2/h25-32H,3-24H2,1-2H3/q+1. The molecule has 0 saturated heterocycles. The lowest BCUT2D eigenvalue weighted by Crippen LogP contribution is -3.85. The van der Waals surface area contributed by atoms with E-state index in [9.17, 15) is 21.6 Å². The van der Waals surface area contributed by atoms with Crippen molar-refractivity contribution in [1.29, 1.82) is 0 Å². The molecule has 0 aliphatic carbocycles. The monoisotopic (exact) mass is 766 g/mol. The molecule has 0 spiro atoms. The van der Waals surface area contributed by atoms with Crippen LogP contribution in [0.1, 0.15) is 153 Å². The highest BCUT2D eigenvalue weighted by Crippen LogP contribution is 2.23. The van der Waals surface area contributed by atoms with E-state index in [0.717, 1.165) is 49.7 Å². The van der Waals surface area contributed by atoms with Gasteiger partial charge in [0.05, 0.1) is 0 Å². The van der Waals surface area contributed by atoms with Crippen LogP contribution in [0.5, 0.6) is 0 Å². The molecule has 0 aliphatic heterocycles. The first-order chi connectivity index (χ1) is 21.7. The summed E-state index contributed by atoms with van der Waals surface area (Å²) in [5.41, 5.74) is -3.23. The molecule has 257 valence electrons. The van der Waals surface area contributed by atoms with E-state index >= 15 is 0 Å². The van der Waals surface area contributed by atoms with E-state index in [2.05, 4.69) is 13.8 Å². The Labute approximate surface area is 280 Å². The molecule has 8 heteroatoms. The number of rotatable bonds is 26. The number of halogens is 4. The summed E-state index contributed by atoms with van der Waals surface area (Å²) in [6, 6.07) is 14.7. The van der Waals surface area contributed by atoms with Crippen LogP contribution in [0.3, 0.4) is 0 Å². The highest BCUT2D eigenvalue weighted by molar-refractivity contribution is 7.87. The third-order valence-electron chi connectivity index (χ3n) is 8.29. The van der Waals surface area contributed by atoms with E-state index < -0.39 is 35.9 Å². The van der Waals surface area contributed by atoms with Gasteiger partial charge in [0, 0.05) is 0 Å². The number of aryl methyl sites for hydroxylation is 2. The van der Waals surface area contributed by atoms with Gasteiger partial charge < -0.3 is 0 Å². The van der Waals surface area contributed by atoms with Crippen molar-refractivity contribution in [2.75, 3.05) is 0 Å². The summed E-state index contributed by atoms with van der Waals surface area (Å²) in [6.45, 7) is 4.47. The van der Waals surface area contributed by atoms with E-state index in [1.54, 1.807) is 24.3 Å². The summed E-state index contributed by atoms with van der Waals surface area (Å²) in [5.74, 6) is 0. The largest absolute Gasteiger partial charge is 0.526 e.